The van der Waals surface area contributed by atoms with E-state index in [1.807, 2.05) is 0 Å². The fourth-order valence-electron chi connectivity index (χ4n) is 0.776. The zero-order chi connectivity index (χ0) is 10.6. The number of amides is 1. The van der Waals surface area contributed by atoms with E-state index >= 15 is 0 Å². The van der Waals surface area contributed by atoms with Gasteiger partial charge in [0.2, 0.25) is 11.2 Å². The van der Waals surface area contributed by atoms with Gasteiger partial charge in [-0.1, -0.05) is 0 Å². The molecule has 1 amide bonds. The van der Waals surface area contributed by atoms with Crippen molar-refractivity contribution in [2.75, 3.05) is 6.61 Å². The molecule has 6 nitrogen and oxygen atoms in total. The lowest BCUT2D eigenvalue weighted by Gasteiger charge is -2.01. The Bertz CT molecular complexity index is 384. The van der Waals surface area contributed by atoms with Gasteiger partial charge in [-0.15, -0.1) is 0 Å². The maximum Gasteiger partial charge on any atom is 0.255 e. The summed E-state index contributed by atoms with van der Waals surface area (Å²) in [6, 6.07) is 1.08. The number of carbonyl (C=O) groups excluding carboxylic acids is 1. The second-order valence-corrected chi connectivity index (χ2v) is 2.49. The molecule has 0 saturated carbocycles. The smallest absolute Gasteiger partial charge is 0.255 e. The summed E-state index contributed by atoms with van der Waals surface area (Å²) in [5.74, 6) is -0.668. The fourth-order valence-corrected chi connectivity index (χ4v) is 0.776. The second kappa shape index (κ2) is 4.43. The number of hydrogen-bond acceptors (Lipinski definition) is 5. The van der Waals surface area contributed by atoms with E-state index in [0.717, 1.165) is 12.3 Å². The van der Waals surface area contributed by atoms with Crippen LogP contribution in [0.15, 0.2) is 21.5 Å². The number of hydrogen-bond donors (Lipinski definition) is 2. The standard InChI is InChI=1S/C8H9NO5/c9-8(12)4-14-7-3-13-5(2-10)1-6(7)11/h1,3,10H,2,4H2,(H2,9,12). The van der Waals surface area contributed by atoms with E-state index in [4.69, 9.17) is 20.0 Å². The van der Waals surface area contributed by atoms with Gasteiger partial charge in [0.05, 0.1) is 0 Å². The van der Waals surface area contributed by atoms with E-state index < -0.39 is 11.3 Å². The van der Waals surface area contributed by atoms with E-state index in [0.29, 0.717) is 0 Å². The number of nitrogens with two attached hydrogens (primary N) is 1. The predicted molar refractivity (Wildman–Crippen MR) is 45.6 cm³/mol. The Kier molecular flexibility index (Phi) is 3.24. The molecule has 0 unspecified atom stereocenters. The Morgan fingerprint density at radius 2 is 2.36 bits per heavy atom. The molecule has 1 aromatic heterocycles. The highest BCUT2D eigenvalue weighted by molar-refractivity contribution is 5.75. The van der Waals surface area contributed by atoms with Crippen LogP contribution in [0.5, 0.6) is 5.75 Å². The van der Waals surface area contributed by atoms with Crippen molar-refractivity contribution in [2.24, 2.45) is 5.73 Å². The van der Waals surface area contributed by atoms with Crippen molar-refractivity contribution < 1.29 is 19.1 Å². The van der Waals surface area contributed by atoms with E-state index in [-0.39, 0.29) is 24.7 Å². The summed E-state index contributed by atoms with van der Waals surface area (Å²) >= 11 is 0. The van der Waals surface area contributed by atoms with Gasteiger partial charge in [0, 0.05) is 6.07 Å². The second-order valence-electron chi connectivity index (χ2n) is 2.49. The molecule has 0 aliphatic carbocycles. The number of rotatable bonds is 4. The first-order valence-corrected chi connectivity index (χ1v) is 3.77. The highest BCUT2D eigenvalue weighted by Crippen LogP contribution is 2.05. The van der Waals surface area contributed by atoms with E-state index in [1.54, 1.807) is 0 Å². The highest BCUT2D eigenvalue weighted by atomic mass is 16.5. The molecule has 0 fully saturated rings. The molecule has 0 aliphatic rings. The molecule has 0 aromatic carbocycles. The summed E-state index contributed by atoms with van der Waals surface area (Å²) in [5.41, 5.74) is 4.34. The molecule has 0 aliphatic heterocycles. The molecule has 0 spiro atoms. The van der Waals surface area contributed by atoms with Crippen molar-refractivity contribution in [1.29, 1.82) is 0 Å². The fraction of sp³-hybridized carbons (Fsp3) is 0.250. The van der Waals surface area contributed by atoms with Crippen LogP contribution in [-0.4, -0.2) is 17.6 Å². The van der Waals surface area contributed by atoms with E-state index in [1.165, 1.54) is 0 Å². The molecule has 14 heavy (non-hydrogen) atoms. The number of primary amides is 1. The molecule has 0 atom stereocenters. The van der Waals surface area contributed by atoms with Crippen LogP contribution in [-0.2, 0) is 11.4 Å². The summed E-state index contributed by atoms with van der Waals surface area (Å²) < 4.78 is 9.53. The van der Waals surface area contributed by atoms with Gasteiger partial charge in [-0.2, -0.15) is 0 Å². The van der Waals surface area contributed by atoms with Gasteiger partial charge in [0.15, 0.2) is 6.61 Å². The molecular formula is C8H9NO5. The Labute approximate surface area is 78.9 Å². The molecule has 0 radical (unpaired) electrons. The van der Waals surface area contributed by atoms with Crippen molar-refractivity contribution in [3.05, 3.63) is 28.3 Å². The number of carbonyl (C=O) groups is 1. The molecule has 3 N–H and O–H groups in total. The van der Waals surface area contributed by atoms with Gasteiger partial charge in [0.25, 0.3) is 5.91 Å². The first-order chi connectivity index (χ1) is 6.63. The van der Waals surface area contributed by atoms with Crippen LogP contribution in [0.1, 0.15) is 5.76 Å². The minimum Gasteiger partial charge on any atom is -0.477 e. The van der Waals surface area contributed by atoms with Crippen molar-refractivity contribution in [3.8, 4) is 5.75 Å². The third kappa shape index (κ3) is 2.60. The van der Waals surface area contributed by atoms with Gasteiger partial charge in [-0.3, -0.25) is 9.59 Å². The zero-order valence-corrected chi connectivity index (χ0v) is 7.23. The number of ether oxygens (including phenoxy) is 1. The summed E-state index contributed by atoms with van der Waals surface area (Å²) in [4.78, 5) is 21.5. The molecular weight excluding hydrogens is 190 g/mol. The van der Waals surface area contributed by atoms with Crippen LogP contribution in [0.25, 0.3) is 0 Å². The number of aliphatic hydroxyl groups is 1. The first-order valence-electron chi connectivity index (χ1n) is 3.77. The Morgan fingerprint density at radius 1 is 1.64 bits per heavy atom. The SMILES string of the molecule is NC(=O)COc1coc(CO)cc1=O. The summed E-state index contributed by atoms with van der Waals surface area (Å²) in [7, 11) is 0. The van der Waals surface area contributed by atoms with Crippen LogP contribution < -0.4 is 15.9 Å². The maximum absolute atomic E-state index is 11.2. The minimum atomic E-state index is -0.685. The summed E-state index contributed by atoms with van der Waals surface area (Å²) in [6.45, 7) is -0.755. The predicted octanol–water partition coefficient (Wildman–Crippen LogP) is -1.00. The first kappa shape index (κ1) is 10.3. The van der Waals surface area contributed by atoms with Crippen LogP contribution >= 0.6 is 0 Å². The van der Waals surface area contributed by atoms with Gasteiger partial charge < -0.3 is 20.0 Å². The minimum absolute atomic E-state index is 0.110. The normalized spacial score (nSPS) is 9.79. The van der Waals surface area contributed by atoms with Crippen LogP contribution in [0, 0.1) is 0 Å². The van der Waals surface area contributed by atoms with Crippen LogP contribution in [0.2, 0.25) is 0 Å². The molecule has 0 saturated heterocycles. The van der Waals surface area contributed by atoms with Crippen molar-refractivity contribution in [1.82, 2.24) is 0 Å². The number of aliphatic hydroxyl groups excluding tert-OH is 1. The van der Waals surface area contributed by atoms with Gasteiger partial charge >= 0.3 is 0 Å². The molecule has 1 rings (SSSR count). The average molecular weight is 199 g/mol. The Balaban J connectivity index is 2.79. The molecule has 6 heteroatoms. The lowest BCUT2D eigenvalue weighted by molar-refractivity contribution is -0.119. The zero-order valence-electron chi connectivity index (χ0n) is 7.23. The van der Waals surface area contributed by atoms with Gasteiger partial charge in [-0.25, -0.2) is 0 Å². The van der Waals surface area contributed by atoms with Crippen molar-refractivity contribution in [2.45, 2.75) is 6.61 Å². The maximum atomic E-state index is 11.2. The van der Waals surface area contributed by atoms with Crippen molar-refractivity contribution in [3.63, 3.8) is 0 Å². The topological polar surface area (TPSA) is 103 Å². The molecule has 1 heterocycles. The van der Waals surface area contributed by atoms with Crippen molar-refractivity contribution >= 4 is 5.91 Å². The van der Waals surface area contributed by atoms with Gasteiger partial charge in [0.1, 0.15) is 18.6 Å². The molecule has 76 valence electrons. The molecule has 1 aromatic rings. The van der Waals surface area contributed by atoms with Gasteiger partial charge in [-0.05, 0) is 0 Å². The third-order valence-electron chi connectivity index (χ3n) is 1.38. The largest absolute Gasteiger partial charge is 0.477 e. The quantitative estimate of drug-likeness (QED) is 0.647. The lowest BCUT2D eigenvalue weighted by Crippen LogP contribution is -2.22. The van der Waals surface area contributed by atoms with Crippen LogP contribution in [0.3, 0.4) is 0 Å². The van der Waals surface area contributed by atoms with Crippen LogP contribution in [0.4, 0.5) is 0 Å². The van der Waals surface area contributed by atoms with E-state index in [2.05, 4.69) is 0 Å². The Morgan fingerprint density at radius 3 is 2.86 bits per heavy atom. The highest BCUT2D eigenvalue weighted by Gasteiger charge is 2.04. The average Bonchev–Trinajstić information content (AvgIpc) is 2.15. The lowest BCUT2D eigenvalue weighted by atomic mass is 10.4. The van der Waals surface area contributed by atoms with E-state index in [9.17, 15) is 9.59 Å². The summed E-state index contributed by atoms with van der Waals surface area (Å²) in [6.07, 6.45) is 1.02. The monoisotopic (exact) mass is 199 g/mol. The molecule has 0 bridgehead atoms. The third-order valence-corrected chi connectivity index (χ3v) is 1.38. The Hall–Kier alpha value is -1.82. The summed E-state index contributed by atoms with van der Waals surface area (Å²) in [5, 5.41) is 8.62.